The molecule has 2 aliphatic heterocycles. The van der Waals surface area contributed by atoms with Crippen LogP contribution in [0, 0.1) is 5.92 Å². The third-order valence-electron chi connectivity index (χ3n) is 4.63. The molecule has 3 heteroatoms. The van der Waals surface area contributed by atoms with Gasteiger partial charge in [-0.25, -0.2) is 5.11 Å². The molecule has 2 fully saturated rings. The van der Waals surface area contributed by atoms with Crippen LogP contribution in [0.2, 0.25) is 0 Å². The van der Waals surface area contributed by atoms with E-state index in [9.17, 15) is 5.11 Å². The maximum absolute atomic E-state index is 10.6. The zero-order valence-corrected chi connectivity index (χ0v) is 11.8. The summed E-state index contributed by atoms with van der Waals surface area (Å²) >= 11 is 0. The average Bonchev–Trinajstić information content (AvgIpc) is 2.42. The van der Waals surface area contributed by atoms with Crippen molar-refractivity contribution in [3.05, 3.63) is 0 Å². The second-order valence-electron chi connectivity index (χ2n) is 6.03. The molecule has 2 aliphatic rings. The minimum atomic E-state index is 0.125. The molecule has 0 N–H and O–H groups in total. The van der Waals surface area contributed by atoms with Gasteiger partial charge in [-0.1, -0.05) is 6.42 Å². The Kier molecular flexibility index (Phi) is 6.46. The van der Waals surface area contributed by atoms with Gasteiger partial charge in [0, 0.05) is 0 Å². The molecular formula is C15H29N2O. The van der Waals surface area contributed by atoms with Crippen LogP contribution in [-0.2, 0) is 5.11 Å². The van der Waals surface area contributed by atoms with Gasteiger partial charge in [-0.2, -0.15) is 0 Å². The molecule has 105 valence electrons. The predicted octanol–water partition coefficient (Wildman–Crippen LogP) is 2.40. The van der Waals surface area contributed by atoms with Gasteiger partial charge >= 0.3 is 0 Å². The van der Waals surface area contributed by atoms with Gasteiger partial charge in [-0.3, -0.25) is 0 Å². The molecule has 0 bridgehead atoms. The molecule has 2 heterocycles. The van der Waals surface area contributed by atoms with E-state index in [2.05, 4.69) is 9.80 Å². The van der Waals surface area contributed by atoms with Crippen molar-refractivity contribution in [2.24, 2.45) is 5.92 Å². The topological polar surface area (TPSA) is 26.4 Å². The van der Waals surface area contributed by atoms with Crippen LogP contribution in [0.15, 0.2) is 0 Å². The van der Waals surface area contributed by atoms with Gasteiger partial charge in [-0.05, 0) is 83.7 Å². The van der Waals surface area contributed by atoms with Crippen LogP contribution in [0.5, 0.6) is 0 Å². The molecular weight excluding hydrogens is 224 g/mol. The summed E-state index contributed by atoms with van der Waals surface area (Å²) in [4.78, 5) is 5.24. The predicted molar refractivity (Wildman–Crippen MR) is 74.2 cm³/mol. The maximum Gasteiger partial charge on any atom is 0.0825 e. The molecule has 3 nitrogen and oxygen atoms in total. The van der Waals surface area contributed by atoms with E-state index >= 15 is 0 Å². The summed E-state index contributed by atoms with van der Waals surface area (Å²) < 4.78 is 0. The Morgan fingerprint density at radius 2 is 1.44 bits per heavy atom. The van der Waals surface area contributed by atoms with E-state index in [1.54, 1.807) is 0 Å². The zero-order chi connectivity index (χ0) is 12.6. The summed E-state index contributed by atoms with van der Waals surface area (Å²) in [5.41, 5.74) is 0. The van der Waals surface area contributed by atoms with Crippen molar-refractivity contribution < 1.29 is 5.11 Å². The lowest BCUT2D eigenvalue weighted by atomic mass is 9.94. The highest BCUT2D eigenvalue weighted by Crippen LogP contribution is 2.20. The second kappa shape index (κ2) is 8.13. The van der Waals surface area contributed by atoms with Crippen molar-refractivity contribution in [1.29, 1.82) is 0 Å². The fourth-order valence-electron chi connectivity index (χ4n) is 3.37. The van der Waals surface area contributed by atoms with Crippen molar-refractivity contribution in [2.75, 3.05) is 45.9 Å². The van der Waals surface area contributed by atoms with E-state index in [0.29, 0.717) is 0 Å². The van der Waals surface area contributed by atoms with Gasteiger partial charge in [0.05, 0.1) is 6.61 Å². The summed E-state index contributed by atoms with van der Waals surface area (Å²) in [6, 6.07) is 0. The molecule has 0 unspecified atom stereocenters. The SMILES string of the molecule is [O]CCC1CCN(CCCN2CCCCC2)CC1. The highest BCUT2D eigenvalue weighted by Gasteiger charge is 2.18. The van der Waals surface area contributed by atoms with Crippen LogP contribution in [0.1, 0.15) is 44.9 Å². The summed E-state index contributed by atoms with van der Waals surface area (Å²) in [5, 5.41) is 10.6. The molecule has 0 amide bonds. The molecule has 0 aliphatic carbocycles. The zero-order valence-electron chi connectivity index (χ0n) is 11.8. The number of rotatable bonds is 6. The lowest BCUT2D eigenvalue weighted by molar-refractivity contribution is 0.125. The molecule has 0 aromatic carbocycles. The highest BCUT2D eigenvalue weighted by molar-refractivity contribution is 4.73. The van der Waals surface area contributed by atoms with Crippen molar-refractivity contribution in [2.45, 2.75) is 44.9 Å². The van der Waals surface area contributed by atoms with Crippen molar-refractivity contribution >= 4 is 0 Å². The summed E-state index contributed by atoms with van der Waals surface area (Å²) in [6.07, 6.45) is 8.98. The van der Waals surface area contributed by atoms with Crippen molar-refractivity contribution in [1.82, 2.24) is 9.80 Å². The first-order valence-corrected chi connectivity index (χ1v) is 7.91. The van der Waals surface area contributed by atoms with Gasteiger partial charge in [0.15, 0.2) is 0 Å². The fourth-order valence-corrected chi connectivity index (χ4v) is 3.37. The van der Waals surface area contributed by atoms with Gasteiger partial charge in [0.2, 0.25) is 0 Å². The summed E-state index contributed by atoms with van der Waals surface area (Å²) in [7, 11) is 0. The van der Waals surface area contributed by atoms with Crippen LogP contribution in [-0.4, -0.2) is 55.7 Å². The molecule has 18 heavy (non-hydrogen) atoms. The van der Waals surface area contributed by atoms with E-state index in [4.69, 9.17) is 0 Å². The molecule has 2 saturated heterocycles. The Morgan fingerprint density at radius 1 is 0.833 bits per heavy atom. The van der Waals surface area contributed by atoms with Crippen LogP contribution >= 0.6 is 0 Å². The monoisotopic (exact) mass is 253 g/mol. The molecule has 0 atom stereocenters. The second-order valence-corrected chi connectivity index (χ2v) is 6.03. The number of piperidine rings is 2. The molecule has 0 saturated carbocycles. The number of hydrogen-bond acceptors (Lipinski definition) is 2. The lowest BCUT2D eigenvalue weighted by Crippen LogP contribution is -2.37. The molecule has 0 spiro atoms. The standard InChI is InChI=1S/C15H29N2O/c18-14-7-15-5-12-17(13-6-15)11-4-10-16-8-2-1-3-9-16/h15H,1-14H2. The summed E-state index contributed by atoms with van der Waals surface area (Å²) in [5.74, 6) is 0.723. The fraction of sp³-hybridized carbons (Fsp3) is 1.00. The van der Waals surface area contributed by atoms with Gasteiger partial charge in [0.1, 0.15) is 0 Å². The third kappa shape index (κ3) is 4.87. The van der Waals surface area contributed by atoms with Crippen LogP contribution in [0.4, 0.5) is 0 Å². The van der Waals surface area contributed by atoms with E-state index < -0.39 is 0 Å². The Balaban J connectivity index is 1.52. The quantitative estimate of drug-likeness (QED) is 0.726. The number of hydrogen-bond donors (Lipinski definition) is 0. The van der Waals surface area contributed by atoms with Gasteiger partial charge in [0.25, 0.3) is 0 Å². The largest absolute Gasteiger partial charge is 0.303 e. The first-order chi connectivity index (χ1) is 8.88. The Hall–Kier alpha value is -0.120. The van der Waals surface area contributed by atoms with E-state index in [1.807, 2.05) is 0 Å². The third-order valence-corrected chi connectivity index (χ3v) is 4.63. The Bertz CT molecular complexity index is 209. The Labute approximate surface area is 112 Å². The number of nitrogens with zero attached hydrogens (tertiary/aromatic N) is 2. The highest BCUT2D eigenvalue weighted by atomic mass is 16.3. The first kappa shape index (κ1) is 14.3. The van der Waals surface area contributed by atoms with Crippen LogP contribution in [0.3, 0.4) is 0 Å². The van der Waals surface area contributed by atoms with E-state index in [1.165, 1.54) is 77.8 Å². The smallest absolute Gasteiger partial charge is 0.0825 e. The normalized spacial score (nSPS) is 24.5. The maximum atomic E-state index is 10.6. The molecule has 0 aromatic rings. The molecule has 1 radical (unpaired) electrons. The summed E-state index contributed by atoms with van der Waals surface area (Å²) in [6.45, 7) is 7.78. The van der Waals surface area contributed by atoms with E-state index in [0.717, 1.165) is 12.3 Å². The molecule has 2 rings (SSSR count). The first-order valence-electron chi connectivity index (χ1n) is 7.91. The minimum absolute atomic E-state index is 0.125. The average molecular weight is 253 g/mol. The van der Waals surface area contributed by atoms with Gasteiger partial charge in [-0.15, -0.1) is 0 Å². The minimum Gasteiger partial charge on any atom is -0.303 e. The molecule has 0 aromatic heterocycles. The number of likely N-dealkylation sites (tertiary alicyclic amines) is 2. The van der Waals surface area contributed by atoms with Crippen LogP contribution in [0.25, 0.3) is 0 Å². The Morgan fingerprint density at radius 3 is 2.06 bits per heavy atom. The van der Waals surface area contributed by atoms with Crippen molar-refractivity contribution in [3.8, 4) is 0 Å². The van der Waals surface area contributed by atoms with Gasteiger partial charge < -0.3 is 9.80 Å². The van der Waals surface area contributed by atoms with E-state index in [-0.39, 0.29) is 6.61 Å². The van der Waals surface area contributed by atoms with Crippen molar-refractivity contribution in [3.63, 3.8) is 0 Å². The lowest BCUT2D eigenvalue weighted by Gasteiger charge is -2.32. The van der Waals surface area contributed by atoms with Crippen LogP contribution < -0.4 is 0 Å².